The van der Waals surface area contributed by atoms with Crippen LogP contribution in [0.1, 0.15) is 19.5 Å². The van der Waals surface area contributed by atoms with Gasteiger partial charge in [0.05, 0.1) is 12.4 Å². The van der Waals surface area contributed by atoms with Crippen molar-refractivity contribution in [1.29, 1.82) is 0 Å². The minimum atomic E-state index is 0.281. The summed E-state index contributed by atoms with van der Waals surface area (Å²) in [6.45, 7) is 5.98. The van der Waals surface area contributed by atoms with Crippen LogP contribution in [0.4, 0.5) is 5.82 Å². The van der Waals surface area contributed by atoms with E-state index in [9.17, 15) is 0 Å². The van der Waals surface area contributed by atoms with Gasteiger partial charge in [-0.25, -0.2) is 9.97 Å². The Morgan fingerprint density at radius 3 is 2.36 bits per heavy atom. The van der Waals surface area contributed by atoms with Crippen molar-refractivity contribution in [3.63, 3.8) is 0 Å². The monoisotopic (exact) mass is 210 g/mol. The van der Waals surface area contributed by atoms with E-state index in [1.165, 1.54) is 0 Å². The van der Waals surface area contributed by atoms with Crippen LogP contribution in [0, 0.1) is 0 Å². The minimum absolute atomic E-state index is 0.281. The SMILES string of the molecule is CCN(CC)c1cnc(C(N)=S)cn1. The third-order valence-electron chi connectivity index (χ3n) is 1.98. The van der Waals surface area contributed by atoms with Crippen molar-refractivity contribution in [2.45, 2.75) is 13.8 Å². The predicted octanol–water partition coefficient (Wildman–Crippen LogP) is 0.957. The standard InChI is InChI=1S/C9H14N4S/c1-3-13(4-2)8-6-11-7(5-12-8)9(10)14/h5-6H,3-4H2,1-2H3,(H2,10,14). The Hall–Kier alpha value is -1.23. The smallest absolute Gasteiger partial charge is 0.147 e. The van der Waals surface area contributed by atoms with Crippen LogP contribution in [-0.2, 0) is 0 Å². The van der Waals surface area contributed by atoms with E-state index < -0.39 is 0 Å². The maximum Gasteiger partial charge on any atom is 0.147 e. The van der Waals surface area contributed by atoms with Crippen LogP contribution < -0.4 is 10.6 Å². The average molecular weight is 210 g/mol. The third kappa shape index (κ3) is 2.38. The first-order chi connectivity index (χ1) is 6.69. The molecule has 0 aromatic carbocycles. The number of nitrogens with zero attached hydrogens (tertiary/aromatic N) is 3. The molecule has 14 heavy (non-hydrogen) atoms. The topological polar surface area (TPSA) is 55.0 Å². The molecule has 1 heterocycles. The van der Waals surface area contributed by atoms with Gasteiger partial charge in [-0.1, -0.05) is 12.2 Å². The molecule has 0 atom stereocenters. The highest BCUT2D eigenvalue weighted by atomic mass is 32.1. The zero-order valence-electron chi connectivity index (χ0n) is 8.40. The first-order valence-corrected chi connectivity index (χ1v) is 4.96. The molecule has 0 saturated carbocycles. The zero-order chi connectivity index (χ0) is 10.6. The lowest BCUT2D eigenvalue weighted by Gasteiger charge is -2.18. The Kier molecular flexibility index (Phi) is 3.76. The van der Waals surface area contributed by atoms with Gasteiger partial charge in [-0.05, 0) is 13.8 Å². The van der Waals surface area contributed by atoms with Gasteiger partial charge >= 0.3 is 0 Å². The fourth-order valence-electron chi connectivity index (χ4n) is 1.16. The molecule has 0 aliphatic carbocycles. The number of anilines is 1. The number of rotatable bonds is 4. The summed E-state index contributed by atoms with van der Waals surface area (Å²) in [5.74, 6) is 0.856. The summed E-state index contributed by atoms with van der Waals surface area (Å²) < 4.78 is 0. The molecule has 0 aliphatic heterocycles. The Morgan fingerprint density at radius 1 is 1.36 bits per heavy atom. The third-order valence-corrected chi connectivity index (χ3v) is 2.19. The first-order valence-electron chi connectivity index (χ1n) is 4.55. The van der Waals surface area contributed by atoms with Gasteiger partial charge in [-0.2, -0.15) is 0 Å². The van der Waals surface area contributed by atoms with E-state index in [-0.39, 0.29) is 4.99 Å². The summed E-state index contributed by atoms with van der Waals surface area (Å²) in [4.78, 5) is 10.8. The fraction of sp³-hybridized carbons (Fsp3) is 0.444. The van der Waals surface area contributed by atoms with Crippen LogP contribution in [0.5, 0.6) is 0 Å². The highest BCUT2D eigenvalue weighted by molar-refractivity contribution is 7.80. The molecule has 0 bridgehead atoms. The summed E-state index contributed by atoms with van der Waals surface area (Å²) in [5, 5.41) is 0. The quantitative estimate of drug-likeness (QED) is 0.750. The number of nitrogens with two attached hydrogens (primary N) is 1. The van der Waals surface area contributed by atoms with Gasteiger partial charge in [0.15, 0.2) is 0 Å². The van der Waals surface area contributed by atoms with E-state index in [1.54, 1.807) is 12.4 Å². The normalized spacial score (nSPS) is 9.86. The van der Waals surface area contributed by atoms with Crippen molar-refractivity contribution in [3.8, 4) is 0 Å². The molecular formula is C9H14N4S. The van der Waals surface area contributed by atoms with Crippen molar-refractivity contribution in [1.82, 2.24) is 9.97 Å². The Labute approximate surface area is 89.2 Å². The zero-order valence-corrected chi connectivity index (χ0v) is 9.21. The minimum Gasteiger partial charge on any atom is -0.388 e. The molecule has 0 amide bonds. The van der Waals surface area contributed by atoms with Gasteiger partial charge in [-0.15, -0.1) is 0 Å². The fourth-order valence-corrected chi connectivity index (χ4v) is 1.26. The number of hydrogen-bond donors (Lipinski definition) is 1. The summed E-state index contributed by atoms with van der Waals surface area (Å²) >= 11 is 4.79. The molecule has 5 heteroatoms. The molecule has 1 aromatic heterocycles. The molecule has 1 aromatic rings. The molecule has 0 radical (unpaired) electrons. The van der Waals surface area contributed by atoms with Crippen LogP contribution >= 0.6 is 12.2 Å². The van der Waals surface area contributed by atoms with Crippen molar-refractivity contribution in [3.05, 3.63) is 18.1 Å². The lowest BCUT2D eigenvalue weighted by Crippen LogP contribution is -2.23. The molecule has 1 rings (SSSR count). The largest absolute Gasteiger partial charge is 0.388 e. The predicted molar refractivity (Wildman–Crippen MR) is 61.5 cm³/mol. The maximum absolute atomic E-state index is 5.42. The molecule has 76 valence electrons. The first kappa shape index (κ1) is 10.8. The van der Waals surface area contributed by atoms with Crippen molar-refractivity contribution in [2.75, 3.05) is 18.0 Å². The number of aromatic nitrogens is 2. The lowest BCUT2D eigenvalue weighted by molar-refractivity contribution is 0.840. The van der Waals surface area contributed by atoms with Gasteiger partial charge in [0.1, 0.15) is 16.5 Å². The number of hydrogen-bond acceptors (Lipinski definition) is 4. The van der Waals surface area contributed by atoms with Gasteiger partial charge in [0.2, 0.25) is 0 Å². The van der Waals surface area contributed by atoms with Crippen LogP contribution in [-0.4, -0.2) is 28.0 Å². The van der Waals surface area contributed by atoms with Crippen molar-refractivity contribution >= 4 is 23.0 Å². The summed E-state index contributed by atoms with van der Waals surface area (Å²) in [6.07, 6.45) is 3.30. The van der Waals surface area contributed by atoms with E-state index >= 15 is 0 Å². The van der Waals surface area contributed by atoms with Crippen molar-refractivity contribution < 1.29 is 0 Å². The summed E-state index contributed by atoms with van der Waals surface area (Å²) in [6, 6.07) is 0. The molecule has 0 aliphatic rings. The van der Waals surface area contributed by atoms with Crippen LogP contribution in [0.15, 0.2) is 12.4 Å². The van der Waals surface area contributed by atoms with E-state index in [0.717, 1.165) is 18.9 Å². The second kappa shape index (κ2) is 4.85. The molecule has 2 N–H and O–H groups in total. The average Bonchev–Trinajstić information content (AvgIpc) is 2.20. The number of thiocarbonyl (C=S) groups is 1. The summed E-state index contributed by atoms with van der Waals surface area (Å²) in [7, 11) is 0. The van der Waals surface area contributed by atoms with Gasteiger partial charge in [-0.3, -0.25) is 0 Å². The van der Waals surface area contributed by atoms with Crippen LogP contribution in [0.25, 0.3) is 0 Å². The van der Waals surface area contributed by atoms with E-state index in [1.807, 2.05) is 0 Å². The second-order valence-electron chi connectivity index (χ2n) is 2.80. The molecule has 4 nitrogen and oxygen atoms in total. The highest BCUT2D eigenvalue weighted by Gasteiger charge is 2.04. The molecule has 0 fully saturated rings. The van der Waals surface area contributed by atoms with E-state index in [0.29, 0.717) is 5.69 Å². The molecule has 0 unspecified atom stereocenters. The Morgan fingerprint density at radius 2 is 2.00 bits per heavy atom. The Bertz CT molecular complexity index is 305. The van der Waals surface area contributed by atoms with Gasteiger partial charge in [0.25, 0.3) is 0 Å². The van der Waals surface area contributed by atoms with Gasteiger partial charge in [0, 0.05) is 13.1 Å². The molecule has 0 spiro atoms. The van der Waals surface area contributed by atoms with E-state index in [2.05, 4.69) is 28.7 Å². The maximum atomic E-state index is 5.42. The second-order valence-corrected chi connectivity index (χ2v) is 3.24. The molecular weight excluding hydrogens is 196 g/mol. The van der Waals surface area contributed by atoms with Crippen molar-refractivity contribution in [2.24, 2.45) is 5.73 Å². The lowest BCUT2D eigenvalue weighted by atomic mass is 10.4. The highest BCUT2D eigenvalue weighted by Crippen LogP contribution is 2.07. The Balaban J connectivity index is 2.87. The van der Waals surface area contributed by atoms with E-state index in [4.69, 9.17) is 18.0 Å². The van der Waals surface area contributed by atoms with Crippen LogP contribution in [0.2, 0.25) is 0 Å². The van der Waals surface area contributed by atoms with Crippen LogP contribution in [0.3, 0.4) is 0 Å². The summed E-state index contributed by atoms with van der Waals surface area (Å²) in [5.41, 5.74) is 5.99. The molecule has 0 saturated heterocycles. The van der Waals surface area contributed by atoms with Gasteiger partial charge < -0.3 is 10.6 Å².